The van der Waals surface area contributed by atoms with Crippen LogP contribution in [0.2, 0.25) is 5.02 Å². The Morgan fingerprint density at radius 2 is 2.31 bits per heavy atom. The summed E-state index contributed by atoms with van der Waals surface area (Å²) in [5.74, 6) is 0. The lowest BCUT2D eigenvalue weighted by Gasteiger charge is -2.13. The molecule has 3 nitrogen and oxygen atoms in total. The van der Waals surface area contributed by atoms with Crippen molar-refractivity contribution in [3.05, 3.63) is 27.7 Å². The van der Waals surface area contributed by atoms with Crippen molar-refractivity contribution in [2.45, 2.75) is 13.0 Å². The van der Waals surface area contributed by atoms with Crippen molar-refractivity contribution in [1.82, 2.24) is 0 Å². The van der Waals surface area contributed by atoms with Crippen LogP contribution in [0.4, 0.5) is 5.69 Å². The van der Waals surface area contributed by atoms with Crippen molar-refractivity contribution in [3.63, 3.8) is 0 Å². The summed E-state index contributed by atoms with van der Waals surface area (Å²) in [6, 6.07) is 5.56. The zero-order valence-corrected chi connectivity index (χ0v) is 11.4. The lowest BCUT2D eigenvalue weighted by atomic mass is 10.3. The molecule has 0 aliphatic carbocycles. The van der Waals surface area contributed by atoms with Gasteiger partial charge in [0.1, 0.15) is 0 Å². The van der Waals surface area contributed by atoms with E-state index in [-0.39, 0.29) is 0 Å². The molecular formula is C11H15BrClNO2. The molecule has 90 valence electrons. The average Bonchev–Trinajstić information content (AvgIpc) is 2.28. The fourth-order valence-corrected chi connectivity index (χ4v) is 1.58. The molecule has 0 bridgehead atoms. The second kappa shape index (κ2) is 7.12. The maximum Gasteiger partial charge on any atom is 0.0945 e. The third-order valence-electron chi connectivity index (χ3n) is 1.98. The summed E-state index contributed by atoms with van der Waals surface area (Å²) in [6.07, 6.45) is -0.512. The number of hydrogen-bond donors (Lipinski definition) is 2. The largest absolute Gasteiger partial charge is 0.389 e. The van der Waals surface area contributed by atoms with Crippen LogP contribution in [0.3, 0.4) is 0 Å². The van der Waals surface area contributed by atoms with E-state index >= 15 is 0 Å². The van der Waals surface area contributed by atoms with Gasteiger partial charge in [0.05, 0.1) is 17.7 Å². The van der Waals surface area contributed by atoms with Gasteiger partial charge < -0.3 is 15.2 Å². The van der Waals surface area contributed by atoms with Crippen LogP contribution >= 0.6 is 27.5 Å². The number of aliphatic hydroxyl groups is 1. The number of halogens is 2. The van der Waals surface area contributed by atoms with E-state index in [1.165, 1.54) is 0 Å². The fourth-order valence-electron chi connectivity index (χ4n) is 1.15. The molecule has 1 aromatic carbocycles. The molecule has 5 heteroatoms. The van der Waals surface area contributed by atoms with Gasteiger partial charge in [-0.3, -0.25) is 0 Å². The zero-order chi connectivity index (χ0) is 12.0. The first-order valence-corrected chi connectivity index (χ1v) is 6.25. The van der Waals surface area contributed by atoms with Crippen molar-refractivity contribution in [2.24, 2.45) is 0 Å². The molecule has 0 amide bonds. The highest BCUT2D eigenvalue weighted by Gasteiger charge is 2.04. The van der Waals surface area contributed by atoms with Crippen LogP contribution in [-0.4, -0.2) is 31.0 Å². The minimum absolute atomic E-state index is 0.341. The minimum Gasteiger partial charge on any atom is -0.389 e. The van der Waals surface area contributed by atoms with Gasteiger partial charge in [-0.15, -0.1) is 0 Å². The Balaban J connectivity index is 2.39. The Labute approximate surface area is 109 Å². The van der Waals surface area contributed by atoms with Gasteiger partial charge in [-0.05, 0) is 41.1 Å². The maximum absolute atomic E-state index is 9.54. The molecule has 0 fully saturated rings. The van der Waals surface area contributed by atoms with Crippen molar-refractivity contribution in [2.75, 3.05) is 25.1 Å². The molecule has 0 aromatic heterocycles. The van der Waals surface area contributed by atoms with E-state index in [1.807, 2.05) is 19.1 Å². The van der Waals surface area contributed by atoms with E-state index in [1.54, 1.807) is 6.07 Å². The molecule has 2 N–H and O–H groups in total. The van der Waals surface area contributed by atoms with Crippen molar-refractivity contribution in [1.29, 1.82) is 0 Å². The van der Waals surface area contributed by atoms with Crippen molar-refractivity contribution < 1.29 is 9.84 Å². The highest BCUT2D eigenvalue weighted by Crippen LogP contribution is 2.25. The predicted molar refractivity (Wildman–Crippen MR) is 70.1 cm³/mol. The van der Waals surface area contributed by atoms with E-state index in [0.29, 0.717) is 24.8 Å². The van der Waals surface area contributed by atoms with E-state index in [9.17, 15) is 5.11 Å². The second-order valence-corrected chi connectivity index (χ2v) is 4.58. The SMILES string of the molecule is CCOCC(O)CNc1ccc(Br)c(Cl)c1. The Morgan fingerprint density at radius 1 is 1.56 bits per heavy atom. The number of hydrogen-bond acceptors (Lipinski definition) is 3. The fraction of sp³-hybridized carbons (Fsp3) is 0.455. The standard InChI is InChI=1S/C11H15BrClNO2/c1-2-16-7-9(15)6-14-8-3-4-10(12)11(13)5-8/h3-5,9,14-15H,2,6-7H2,1H3. The maximum atomic E-state index is 9.54. The molecule has 1 aromatic rings. The van der Waals surface area contributed by atoms with Crippen LogP contribution in [-0.2, 0) is 4.74 Å². The zero-order valence-electron chi connectivity index (χ0n) is 9.04. The Morgan fingerprint density at radius 3 is 2.94 bits per heavy atom. The number of anilines is 1. The molecule has 0 saturated carbocycles. The minimum atomic E-state index is -0.512. The van der Waals surface area contributed by atoms with Gasteiger partial charge in [0, 0.05) is 23.3 Å². The summed E-state index contributed by atoms with van der Waals surface area (Å²) in [4.78, 5) is 0. The van der Waals surface area contributed by atoms with Gasteiger partial charge in [-0.1, -0.05) is 11.6 Å². The van der Waals surface area contributed by atoms with Crippen LogP contribution in [0, 0.1) is 0 Å². The normalized spacial score (nSPS) is 12.5. The highest BCUT2D eigenvalue weighted by atomic mass is 79.9. The number of aliphatic hydroxyl groups excluding tert-OH is 1. The lowest BCUT2D eigenvalue weighted by Crippen LogP contribution is -2.24. The molecule has 0 saturated heterocycles. The lowest BCUT2D eigenvalue weighted by molar-refractivity contribution is 0.0496. The first-order chi connectivity index (χ1) is 7.63. The Bertz CT molecular complexity index is 336. The van der Waals surface area contributed by atoms with Crippen LogP contribution in [0.5, 0.6) is 0 Å². The van der Waals surface area contributed by atoms with Crippen LogP contribution in [0.25, 0.3) is 0 Å². The van der Waals surface area contributed by atoms with Crippen molar-refractivity contribution >= 4 is 33.2 Å². The molecule has 1 unspecified atom stereocenters. The van der Waals surface area contributed by atoms with Crippen molar-refractivity contribution in [3.8, 4) is 0 Å². The summed E-state index contributed by atoms with van der Waals surface area (Å²) in [6.45, 7) is 3.29. The highest BCUT2D eigenvalue weighted by molar-refractivity contribution is 9.10. The van der Waals surface area contributed by atoms with Gasteiger partial charge >= 0.3 is 0 Å². The van der Waals surface area contributed by atoms with Gasteiger partial charge in [-0.25, -0.2) is 0 Å². The van der Waals surface area contributed by atoms with Crippen LogP contribution in [0.15, 0.2) is 22.7 Å². The van der Waals surface area contributed by atoms with E-state index in [0.717, 1.165) is 10.2 Å². The van der Waals surface area contributed by atoms with E-state index < -0.39 is 6.10 Å². The third kappa shape index (κ3) is 4.70. The predicted octanol–water partition coefficient (Wildman–Crippen LogP) is 2.91. The number of rotatable bonds is 6. The summed E-state index contributed by atoms with van der Waals surface area (Å²) in [5, 5.41) is 13.3. The molecule has 1 rings (SSSR count). The molecule has 0 aliphatic rings. The molecule has 1 atom stereocenters. The van der Waals surface area contributed by atoms with Gasteiger partial charge in [0.2, 0.25) is 0 Å². The smallest absolute Gasteiger partial charge is 0.0945 e. The monoisotopic (exact) mass is 307 g/mol. The van der Waals surface area contributed by atoms with E-state index in [2.05, 4.69) is 21.2 Å². The molecular weight excluding hydrogens is 293 g/mol. The molecule has 0 radical (unpaired) electrons. The van der Waals surface area contributed by atoms with Gasteiger partial charge in [0.25, 0.3) is 0 Å². The third-order valence-corrected chi connectivity index (χ3v) is 3.21. The quantitative estimate of drug-likeness (QED) is 0.849. The van der Waals surface area contributed by atoms with E-state index in [4.69, 9.17) is 16.3 Å². The van der Waals surface area contributed by atoms with Crippen LogP contribution in [0.1, 0.15) is 6.92 Å². The first-order valence-electron chi connectivity index (χ1n) is 5.08. The summed E-state index contributed by atoms with van der Waals surface area (Å²) in [5.41, 5.74) is 0.878. The summed E-state index contributed by atoms with van der Waals surface area (Å²) < 4.78 is 5.96. The average molecular weight is 309 g/mol. The second-order valence-electron chi connectivity index (χ2n) is 3.32. The molecule has 0 aliphatic heterocycles. The molecule has 16 heavy (non-hydrogen) atoms. The number of benzene rings is 1. The van der Waals surface area contributed by atoms with Crippen LogP contribution < -0.4 is 5.32 Å². The Hall–Kier alpha value is -0.290. The Kier molecular flexibility index (Phi) is 6.13. The summed E-state index contributed by atoms with van der Waals surface area (Å²) >= 11 is 9.25. The number of ether oxygens (including phenoxy) is 1. The number of nitrogens with one attached hydrogen (secondary N) is 1. The topological polar surface area (TPSA) is 41.5 Å². The van der Waals surface area contributed by atoms with Gasteiger partial charge in [-0.2, -0.15) is 0 Å². The summed E-state index contributed by atoms with van der Waals surface area (Å²) in [7, 11) is 0. The van der Waals surface area contributed by atoms with Gasteiger partial charge in [0.15, 0.2) is 0 Å². The first kappa shape index (κ1) is 13.8. The molecule has 0 heterocycles. The molecule has 0 spiro atoms.